The SMILES string of the molecule is COc1ccccc1Cc1csc(-c2cccc3c2nc(OC2CC4C(=O)NC5(C(=O)NS(=O)(=O)C6(C)CC6)CC5C=CCCCCCC(NC(=O)OC(C)(C)C)C(=O)N4C2)n3C(C)C)n1. The molecule has 4 aliphatic rings. The Labute approximate surface area is 390 Å². The van der Waals surface area contributed by atoms with E-state index in [9.17, 15) is 27.6 Å². The zero-order valence-corrected chi connectivity index (χ0v) is 40.4. The Bertz CT molecular complexity index is 2650. The van der Waals surface area contributed by atoms with Crippen molar-refractivity contribution in [2.45, 2.75) is 146 Å². The summed E-state index contributed by atoms with van der Waals surface area (Å²) in [5, 5.41) is 8.53. The van der Waals surface area contributed by atoms with Gasteiger partial charge in [-0.2, -0.15) is 4.98 Å². The number of carbonyl (C=O) groups is 4. The van der Waals surface area contributed by atoms with Gasteiger partial charge in [0, 0.05) is 41.3 Å². The van der Waals surface area contributed by atoms with Crippen molar-refractivity contribution in [1.82, 2.24) is 34.8 Å². The number of thiazole rings is 1. The van der Waals surface area contributed by atoms with Crippen LogP contribution >= 0.6 is 11.3 Å². The maximum absolute atomic E-state index is 14.8. The number of sulfonamides is 1. The highest BCUT2D eigenvalue weighted by Crippen LogP contribution is 2.48. The van der Waals surface area contributed by atoms with Gasteiger partial charge in [0.25, 0.3) is 11.9 Å². The van der Waals surface area contributed by atoms with Crippen molar-refractivity contribution in [3.05, 3.63) is 71.3 Å². The summed E-state index contributed by atoms with van der Waals surface area (Å²) in [6.45, 7) is 10.8. The fourth-order valence-corrected chi connectivity index (χ4v) is 11.1. The summed E-state index contributed by atoms with van der Waals surface area (Å²) in [6.07, 6.45) is 7.12. The number of alkyl carbamates (subject to hydrolysis) is 1. The van der Waals surface area contributed by atoms with Gasteiger partial charge in [0.1, 0.15) is 45.6 Å². The number of amides is 4. The third-order valence-corrected chi connectivity index (χ3v) is 16.1. The zero-order valence-electron chi connectivity index (χ0n) is 38.7. The number of carbonyl (C=O) groups excluding carboxylic acids is 4. The molecule has 2 aliphatic heterocycles. The zero-order chi connectivity index (χ0) is 47.2. The molecule has 1 saturated heterocycles. The Morgan fingerprint density at radius 1 is 1.05 bits per heavy atom. The number of methoxy groups -OCH3 is 1. The molecule has 8 rings (SSSR count). The molecular formula is C48H61N7O9S2. The van der Waals surface area contributed by atoms with Crippen molar-refractivity contribution in [3.63, 3.8) is 0 Å². The van der Waals surface area contributed by atoms with Gasteiger partial charge >= 0.3 is 6.09 Å². The fraction of sp³-hybridized carbons (Fsp3) is 0.542. The fourth-order valence-electron chi connectivity index (χ4n) is 8.95. The molecule has 0 bridgehead atoms. The largest absolute Gasteiger partial charge is 0.496 e. The second-order valence-electron chi connectivity index (χ2n) is 19.6. The monoisotopic (exact) mass is 943 g/mol. The van der Waals surface area contributed by atoms with Gasteiger partial charge in [0.05, 0.1) is 29.6 Å². The summed E-state index contributed by atoms with van der Waals surface area (Å²) in [4.78, 5) is 68.3. The summed E-state index contributed by atoms with van der Waals surface area (Å²) < 4.78 is 47.7. The predicted molar refractivity (Wildman–Crippen MR) is 251 cm³/mol. The van der Waals surface area contributed by atoms with Crippen LogP contribution in [0.5, 0.6) is 11.8 Å². The second kappa shape index (κ2) is 18.3. The minimum absolute atomic E-state index is 0.0260. The first-order valence-corrected chi connectivity index (χ1v) is 25.3. The van der Waals surface area contributed by atoms with Gasteiger partial charge in [-0.25, -0.2) is 18.2 Å². The number of para-hydroxylation sites is 2. The van der Waals surface area contributed by atoms with Crippen molar-refractivity contribution in [2.75, 3.05) is 13.7 Å². The molecule has 3 fully saturated rings. The first kappa shape index (κ1) is 47.0. The number of ether oxygens (including phenoxy) is 3. The first-order chi connectivity index (χ1) is 31.3. The number of imidazole rings is 1. The number of aromatic nitrogens is 3. The Hall–Kier alpha value is -5.49. The lowest BCUT2D eigenvalue weighted by molar-refractivity contribution is -0.141. The van der Waals surface area contributed by atoms with Crippen molar-refractivity contribution in [1.29, 1.82) is 0 Å². The highest BCUT2D eigenvalue weighted by atomic mass is 32.2. The van der Waals surface area contributed by atoms with E-state index in [-0.39, 0.29) is 25.4 Å². The van der Waals surface area contributed by atoms with Crippen LogP contribution in [0.15, 0.2) is 60.0 Å². The molecule has 4 heterocycles. The number of nitrogens with one attached hydrogen (secondary N) is 3. The number of hydrogen-bond acceptors (Lipinski definition) is 12. The standard InChI is InChI=1S/C48H61N7O9S2/c1-29(2)55-36-20-15-18-34(41-49-32(28-65-41)24-30-16-13-14-21-38(30)62-7)39(36)51-44(55)63-33-25-37-40(56)52-48(43(58)53-66(60,61)47(6)22-23-47)26-31(48)17-11-9-8-10-12-19-35(42(57)54(37)27-33)50-45(59)64-46(3,4)5/h11,13-18,20-21,28-29,31,33,35,37H,8-10,12,19,22-27H2,1-7H3,(H,50,59)(H,52,56)(H,53,58). The Kier molecular flexibility index (Phi) is 13.0. The van der Waals surface area contributed by atoms with E-state index in [1.54, 1.807) is 34.8 Å². The minimum Gasteiger partial charge on any atom is -0.496 e. The normalized spacial score (nSPS) is 24.4. The number of nitrogens with zero attached hydrogens (tertiary/aromatic N) is 4. The van der Waals surface area contributed by atoms with E-state index >= 15 is 0 Å². The predicted octanol–water partition coefficient (Wildman–Crippen LogP) is 6.98. The molecule has 5 unspecified atom stereocenters. The van der Waals surface area contributed by atoms with Crippen LogP contribution in [0.25, 0.3) is 21.6 Å². The number of allylic oxidation sites excluding steroid dienone is 1. The van der Waals surface area contributed by atoms with Gasteiger partial charge < -0.3 is 29.7 Å². The molecule has 2 aromatic carbocycles. The van der Waals surface area contributed by atoms with E-state index in [0.717, 1.165) is 45.9 Å². The molecule has 2 saturated carbocycles. The van der Waals surface area contributed by atoms with E-state index in [2.05, 4.69) is 15.4 Å². The molecule has 4 amide bonds. The molecule has 3 N–H and O–H groups in total. The van der Waals surface area contributed by atoms with Crippen LogP contribution in [0.4, 0.5) is 4.79 Å². The number of fused-ring (bicyclic) bond motifs is 3. The number of hydrogen-bond donors (Lipinski definition) is 3. The van der Waals surface area contributed by atoms with Crippen LogP contribution in [0.2, 0.25) is 0 Å². The molecule has 0 radical (unpaired) electrons. The number of benzene rings is 2. The highest BCUT2D eigenvalue weighted by molar-refractivity contribution is 7.91. The van der Waals surface area contributed by atoms with Crippen LogP contribution in [0, 0.1) is 5.92 Å². The van der Waals surface area contributed by atoms with Gasteiger partial charge in [-0.05, 0) is 98.3 Å². The third-order valence-electron chi connectivity index (χ3n) is 13.0. The minimum atomic E-state index is -4.02. The van der Waals surface area contributed by atoms with Crippen LogP contribution in [0.1, 0.15) is 117 Å². The average Bonchev–Trinajstić information content (AvgIpc) is 3.94. The summed E-state index contributed by atoms with van der Waals surface area (Å²) in [5.41, 5.74) is 1.87. The van der Waals surface area contributed by atoms with Gasteiger partial charge in [0.2, 0.25) is 21.8 Å². The molecule has 2 aliphatic carbocycles. The van der Waals surface area contributed by atoms with E-state index in [4.69, 9.17) is 24.2 Å². The van der Waals surface area contributed by atoms with Crippen LogP contribution in [-0.2, 0) is 35.6 Å². The second-order valence-corrected chi connectivity index (χ2v) is 22.6. The van der Waals surface area contributed by atoms with Crippen molar-refractivity contribution in [3.8, 4) is 22.3 Å². The lowest BCUT2D eigenvalue weighted by Gasteiger charge is -2.30. The summed E-state index contributed by atoms with van der Waals surface area (Å²) in [6, 6.07) is 11.8. The molecule has 5 atom stereocenters. The van der Waals surface area contributed by atoms with Crippen LogP contribution in [0.3, 0.4) is 0 Å². The molecule has 66 heavy (non-hydrogen) atoms. The molecular weight excluding hydrogens is 883 g/mol. The highest BCUT2D eigenvalue weighted by Gasteiger charge is 2.63. The van der Waals surface area contributed by atoms with E-state index < -0.39 is 73.8 Å². The Morgan fingerprint density at radius 2 is 1.82 bits per heavy atom. The van der Waals surface area contributed by atoms with Crippen LogP contribution < -0.4 is 24.8 Å². The number of rotatable bonds is 11. The smallest absolute Gasteiger partial charge is 0.408 e. The van der Waals surface area contributed by atoms with Crippen molar-refractivity contribution < 1.29 is 41.8 Å². The Balaban J connectivity index is 1.11. The lowest BCUT2D eigenvalue weighted by atomic mass is 10.0. The van der Waals surface area contributed by atoms with Crippen molar-refractivity contribution in [2.24, 2.45) is 5.92 Å². The molecule has 0 spiro atoms. The summed E-state index contributed by atoms with van der Waals surface area (Å²) in [7, 11) is -2.37. The van der Waals surface area contributed by atoms with Gasteiger partial charge in [-0.3, -0.25) is 23.7 Å². The van der Waals surface area contributed by atoms with Crippen molar-refractivity contribution >= 4 is 56.2 Å². The molecule has 2 aromatic heterocycles. The Morgan fingerprint density at radius 3 is 2.55 bits per heavy atom. The quantitative estimate of drug-likeness (QED) is 0.131. The van der Waals surface area contributed by atoms with E-state index in [0.29, 0.717) is 50.1 Å². The third kappa shape index (κ3) is 9.80. The summed E-state index contributed by atoms with van der Waals surface area (Å²) >= 11 is 1.52. The lowest BCUT2D eigenvalue weighted by Crippen LogP contribution is -2.58. The summed E-state index contributed by atoms with van der Waals surface area (Å²) in [5.74, 6) is -1.59. The van der Waals surface area contributed by atoms with Gasteiger partial charge in [0.15, 0.2) is 0 Å². The maximum atomic E-state index is 14.8. The van der Waals surface area contributed by atoms with Crippen LogP contribution in [-0.4, -0.2) is 99.4 Å². The molecule has 4 aromatic rings. The van der Waals surface area contributed by atoms with E-state index in [1.807, 2.05) is 78.4 Å². The maximum Gasteiger partial charge on any atom is 0.408 e. The van der Waals surface area contributed by atoms with Gasteiger partial charge in [-0.15, -0.1) is 11.3 Å². The van der Waals surface area contributed by atoms with E-state index in [1.165, 1.54) is 16.2 Å². The van der Waals surface area contributed by atoms with Gasteiger partial charge in [-0.1, -0.05) is 49.3 Å². The average molecular weight is 944 g/mol. The molecule has 16 nitrogen and oxygen atoms in total. The molecule has 354 valence electrons. The molecule has 18 heteroatoms. The topological polar surface area (TPSA) is 200 Å². The first-order valence-electron chi connectivity index (χ1n) is 22.9.